The molecule has 0 saturated carbocycles. The molecule has 92 valence electrons. The van der Waals surface area contributed by atoms with Crippen LogP contribution in [0.5, 0.6) is 0 Å². The zero-order chi connectivity index (χ0) is 12.9. The fourth-order valence-electron chi connectivity index (χ4n) is 0.768. The molecule has 0 heterocycles. The van der Waals surface area contributed by atoms with Gasteiger partial charge in [0.25, 0.3) is 0 Å². The number of hydrogen-bond donors (Lipinski definition) is 0. The quantitative estimate of drug-likeness (QED) is 0.676. The first-order valence-electron chi connectivity index (χ1n) is 5.01. The lowest BCUT2D eigenvalue weighted by Gasteiger charge is -2.17. The molecular formula is C11H18O5. The van der Waals surface area contributed by atoms with Crippen molar-refractivity contribution in [2.75, 3.05) is 6.61 Å². The predicted octanol–water partition coefficient (Wildman–Crippen LogP) is 1.10. The summed E-state index contributed by atoms with van der Waals surface area (Å²) in [5, 5.41) is 0. The van der Waals surface area contributed by atoms with E-state index in [0.29, 0.717) is 0 Å². The van der Waals surface area contributed by atoms with Crippen LogP contribution in [0.2, 0.25) is 0 Å². The highest BCUT2D eigenvalue weighted by Gasteiger charge is 2.24. The van der Waals surface area contributed by atoms with E-state index in [0.717, 1.165) is 0 Å². The molecule has 1 atom stereocenters. The maximum atomic E-state index is 11.4. The average molecular weight is 230 g/mol. The van der Waals surface area contributed by atoms with E-state index in [2.05, 4.69) is 4.74 Å². The molecule has 16 heavy (non-hydrogen) atoms. The lowest BCUT2D eigenvalue weighted by Crippen LogP contribution is -2.31. The van der Waals surface area contributed by atoms with Crippen LogP contribution in [0.4, 0.5) is 0 Å². The summed E-state index contributed by atoms with van der Waals surface area (Å²) in [5.74, 6) is -1.46. The van der Waals surface area contributed by atoms with Crippen LogP contribution in [0.25, 0.3) is 0 Å². The molecule has 5 nitrogen and oxygen atoms in total. The Morgan fingerprint density at radius 2 is 1.69 bits per heavy atom. The zero-order valence-corrected chi connectivity index (χ0v) is 10.3. The van der Waals surface area contributed by atoms with Crippen LogP contribution in [0.3, 0.4) is 0 Å². The molecular weight excluding hydrogens is 212 g/mol. The minimum absolute atomic E-state index is 0.184. The van der Waals surface area contributed by atoms with Gasteiger partial charge in [0.05, 0.1) is 0 Å². The van der Waals surface area contributed by atoms with Crippen LogP contribution in [0.15, 0.2) is 0 Å². The smallest absolute Gasteiger partial charge is 0.347 e. The molecule has 5 heteroatoms. The normalized spacial score (nSPS) is 12.8. The van der Waals surface area contributed by atoms with E-state index in [9.17, 15) is 14.4 Å². The number of ether oxygens (including phenoxy) is 2. The van der Waals surface area contributed by atoms with E-state index in [1.807, 2.05) is 0 Å². The average Bonchev–Trinajstić information content (AvgIpc) is 2.10. The predicted molar refractivity (Wildman–Crippen MR) is 56.6 cm³/mol. The molecule has 0 saturated heterocycles. The van der Waals surface area contributed by atoms with Gasteiger partial charge in [-0.15, -0.1) is 0 Å². The van der Waals surface area contributed by atoms with E-state index in [1.54, 1.807) is 20.8 Å². The summed E-state index contributed by atoms with van der Waals surface area (Å²) >= 11 is 0. The van der Waals surface area contributed by atoms with Crippen LogP contribution < -0.4 is 0 Å². The maximum Gasteiger partial charge on any atom is 0.347 e. The van der Waals surface area contributed by atoms with Crippen molar-refractivity contribution < 1.29 is 23.9 Å². The second kappa shape index (κ2) is 5.63. The molecule has 0 rings (SSSR count). The number of ketones is 1. The summed E-state index contributed by atoms with van der Waals surface area (Å²) in [6.45, 7) is 7.50. The Balaban J connectivity index is 4.08. The largest absolute Gasteiger partial charge is 0.455 e. The Hall–Kier alpha value is -1.39. The third-order valence-corrected chi connectivity index (χ3v) is 1.86. The Kier molecular flexibility index (Phi) is 5.14. The Labute approximate surface area is 95.1 Å². The van der Waals surface area contributed by atoms with Crippen LogP contribution in [0, 0.1) is 5.41 Å². The minimum Gasteiger partial charge on any atom is -0.455 e. The lowest BCUT2D eigenvalue weighted by molar-refractivity contribution is -0.167. The number of carbonyl (C=O) groups excluding carboxylic acids is 3. The molecule has 1 unspecified atom stereocenters. The number of esters is 2. The molecule has 0 spiro atoms. The minimum atomic E-state index is -0.981. The van der Waals surface area contributed by atoms with Crippen molar-refractivity contribution >= 4 is 17.7 Å². The number of Topliss-reactive ketones (excluding diaryl/α,β-unsaturated/α-hetero) is 1. The van der Waals surface area contributed by atoms with Crippen molar-refractivity contribution in [1.82, 2.24) is 0 Å². The Morgan fingerprint density at radius 3 is 2.06 bits per heavy atom. The van der Waals surface area contributed by atoms with E-state index in [4.69, 9.17) is 4.74 Å². The second-order valence-electron chi connectivity index (χ2n) is 4.53. The molecule has 0 N–H and O–H groups in total. The molecule has 0 aliphatic rings. The molecule has 0 aliphatic carbocycles. The van der Waals surface area contributed by atoms with Gasteiger partial charge in [-0.2, -0.15) is 0 Å². The van der Waals surface area contributed by atoms with Crippen molar-refractivity contribution in [1.29, 1.82) is 0 Å². The standard InChI is InChI=1S/C11H18O5/c1-7(16-8(2)12)10(14)15-6-9(13)11(3,4)5/h7H,6H2,1-5H3. The fraction of sp³-hybridized carbons (Fsp3) is 0.727. The fourth-order valence-corrected chi connectivity index (χ4v) is 0.768. The molecule has 0 bridgehead atoms. The van der Waals surface area contributed by atoms with Crippen molar-refractivity contribution in [3.8, 4) is 0 Å². The lowest BCUT2D eigenvalue weighted by atomic mass is 9.91. The molecule has 0 aromatic carbocycles. The van der Waals surface area contributed by atoms with Crippen molar-refractivity contribution in [2.24, 2.45) is 5.41 Å². The summed E-state index contributed by atoms with van der Waals surface area (Å²) in [7, 11) is 0. The van der Waals surface area contributed by atoms with Crippen molar-refractivity contribution in [3.05, 3.63) is 0 Å². The number of carbonyl (C=O) groups is 3. The van der Waals surface area contributed by atoms with Crippen molar-refractivity contribution in [3.63, 3.8) is 0 Å². The second-order valence-corrected chi connectivity index (χ2v) is 4.53. The molecule has 0 aromatic rings. The maximum absolute atomic E-state index is 11.4. The van der Waals surface area contributed by atoms with Gasteiger partial charge < -0.3 is 9.47 Å². The first-order chi connectivity index (χ1) is 7.14. The molecule has 0 aliphatic heterocycles. The van der Waals surface area contributed by atoms with Gasteiger partial charge in [-0.05, 0) is 6.92 Å². The highest BCUT2D eigenvalue weighted by molar-refractivity contribution is 5.87. The summed E-state index contributed by atoms with van der Waals surface area (Å²) in [6.07, 6.45) is -0.981. The summed E-state index contributed by atoms with van der Waals surface area (Å²) in [5.41, 5.74) is -0.551. The Bertz CT molecular complexity index is 287. The highest BCUT2D eigenvalue weighted by atomic mass is 16.6. The van der Waals surface area contributed by atoms with E-state index >= 15 is 0 Å². The molecule has 0 amide bonds. The third-order valence-electron chi connectivity index (χ3n) is 1.86. The SMILES string of the molecule is CC(=O)OC(C)C(=O)OCC(=O)C(C)(C)C. The van der Waals surface area contributed by atoms with Gasteiger partial charge in [0, 0.05) is 12.3 Å². The highest BCUT2D eigenvalue weighted by Crippen LogP contribution is 2.14. The first-order valence-corrected chi connectivity index (χ1v) is 5.01. The van der Waals surface area contributed by atoms with Gasteiger partial charge in [0.15, 0.2) is 18.5 Å². The Morgan fingerprint density at radius 1 is 1.19 bits per heavy atom. The monoisotopic (exact) mass is 230 g/mol. The van der Waals surface area contributed by atoms with E-state index in [1.165, 1.54) is 13.8 Å². The summed E-state index contributed by atoms with van der Waals surface area (Å²) < 4.78 is 9.33. The first kappa shape index (κ1) is 14.6. The number of hydrogen-bond acceptors (Lipinski definition) is 5. The molecule has 0 aromatic heterocycles. The van der Waals surface area contributed by atoms with Gasteiger partial charge >= 0.3 is 11.9 Å². The van der Waals surface area contributed by atoms with Crippen LogP contribution >= 0.6 is 0 Å². The topological polar surface area (TPSA) is 69.7 Å². The third kappa shape index (κ3) is 5.48. The summed E-state index contributed by atoms with van der Waals surface area (Å²) in [4.78, 5) is 33.2. The number of rotatable bonds is 4. The molecule has 0 radical (unpaired) electrons. The molecule has 0 fully saturated rings. The van der Waals surface area contributed by atoms with Crippen LogP contribution in [0.1, 0.15) is 34.6 Å². The van der Waals surface area contributed by atoms with Crippen LogP contribution in [-0.2, 0) is 23.9 Å². The van der Waals surface area contributed by atoms with Crippen LogP contribution in [-0.4, -0.2) is 30.4 Å². The van der Waals surface area contributed by atoms with Gasteiger partial charge in [-0.3, -0.25) is 9.59 Å². The van der Waals surface area contributed by atoms with Gasteiger partial charge in [0.2, 0.25) is 0 Å². The van der Waals surface area contributed by atoms with Gasteiger partial charge in [-0.1, -0.05) is 20.8 Å². The van der Waals surface area contributed by atoms with Crippen molar-refractivity contribution in [2.45, 2.75) is 40.7 Å². The van der Waals surface area contributed by atoms with E-state index < -0.39 is 23.5 Å². The zero-order valence-electron chi connectivity index (χ0n) is 10.3. The van der Waals surface area contributed by atoms with E-state index in [-0.39, 0.29) is 12.4 Å². The van der Waals surface area contributed by atoms with Gasteiger partial charge in [-0.25, -0.2) is 4.79 Å². The summed E-state index contributed by atoms with van der Waals surface area (Å²) in [6, 6.07) is 0. The van der Waals surface area contributed by atoms with Gasteiger partial charge in [0.1, 0.15) is 0 Å².